The maximum atomic E-state index is 13.0. The number of aromatic nitrogens is 3. The molecule has 1 N–H and O–H groups in total. The Morgan fingerprint density at radius 3 is 2.49 bits per heavy atom. The highest BCUT2D eigenvalue weighted by Crippen LogP contribution is 2.31. The van der Waals surface area contributed by atoms with Gasteiger partial charge in [0, 0.05) is 23.7 Å². The fraction of sp³-hybridized carbons (Fsp3) is 0.107. The van der Waals surface area contributed by atoms with Gasteiger partial charge in [-0.2, -0.15) is 5.10 Å². The number of aryl methyl sites for hydroxylation is 2. The largest absolute Gasteiger partial charge is 0.457 e. The molecule has 0 unspecified atom stereocenters. The van der Waals surface area contributed by atoms with Crippen molar-refractivity contribution in [3.63, 3.8) is 0 Å². The van der Waals surface area contributed by atoms with Crippen LogP contribution in [-0.4, -0.2) is 25.6 Å². The molecule has 0 atom stereocenters. The molecular weight excluding hydrogens is 470 g/mol. The number of hydrogen-bond acceptors (Lipinski definition) is 6. The lowest BCUT2D eigenvalue weighted by atomic mass is 10.0. The number of amides is 1. The second kappa shape index (κ2) is 9.90. The van der Waals surface area contributed by atoms with Crippen molar-refractivity contribution in [2.45, 2.75) is 20.4 Å². The highest BCUT2D eigenvalue weighted by Gasteiger charge is 2.17. The summed E-state index contributed by atoms with van der Waals surface area (Å²) in [6, 6.07) is 23.3. The van der Waals surface area contributed by atoms with Crippen LogP contribution >= 0.6 is 0 Å². The summed E-state index contributed by atoms with van der Waals surface area (Å²) < 4.78 is 7.33. The predicted octanol–water partition coefficient (Wildman–Crippen LogP) is 6.05. The highest BCUT2D eigenvalue weighted by molar-refractivity contribution is 5.96. The number of anilines is 1. The molecule has 2 heterocycles. The van der Waals surface area contributed by atoms with Crippen molar-refractivity contribution in [2.24, 2.45) is 0 Å². The van der Waals surface area contributed by atoms with Gasteiger partial charge < -0.3 is 10.1 Å². The molecule has 1 amide bonds. The molecule has 5 aromatic rings. The van der Waals surface area contributed by atoms with Gasteiger partial charge in [0.25, 0.3) is 5.69 Å². The number of rotatable bonds is 7. The van der Waals surface area contributed by atoms with E-state index in [0.717, 1.165) is 27.8 Å². The van der Waals surface area contributed by atoms with Gasteiger partial charge in [0.1, 0.15) is 18.0 Å². The van der Waals surface area contributed by atoms with Crippen LogP contribution in [0.15, 0.2) is 85.1 Å². The van der Waals surface area contributed by atoms with E-state index in [2.05, 4.69) is 15.4 Å². The Morgan fingerprint density at radius 1 is 1.00 bits per heavy atom. The first-order valence-corrected chi connectivity index (χ1v) is 11.6. The van der Waals surface area contributed by atoms with E-state index in [1.807, 2.05) is 62.4 Å². The number of pyridine rings is 1. The Kier molecular flexibility index (Phi) is 6.34. The van der Waals surface area contributed by atoms with Crippen LogP contribution in [0.2, 0.25) is 0 Å². The van der Waals surface area contributed by atoms with E-state index in [0.29, 0.717) is 11.4 Å². The van der Waals surface area contributed by atoms with Gasteiger partial charge in [0.15, 0.2) is 5.65 Å². The molecule has 0 radical (unpaired) electrons. The fourth-order valence-corrected chi connectivity index (χ4v) is 4.15. The summed E-state index contributed by atoms with van der Waals surface area (Å²) in [6.07, 6.45) is 1.69. The minimum absolute atomic E-state index is 0.119. The quantitative estimate of drug-likeness (QED) is 0.218. The van der Waals surface area contributed by atoms with Crippen LogP contribution in [0.5, 0.6) is 11.5 Å². The van der Waals surface area contributed by atoms with Gasteiger partial charge in [-0.3, -0.25) is 14.9 Å². The minimum atomic E-state index is -0.531. The molecule has 0 spiro atoms. The summed E-state index contributed by atoms with van der Waals surface area (Å²) in [5, 5.41) is 19.6. The monoisotopic (exact) mass is 493 g/mol. The maximum Gasteiger partial charge on any atom is 0.275 e. The Labute approximate surface area is 212 Å². The van der Waals surface area contributed by atoms with Crippen LogP contribution in [0, 0.1) is 24.0 Å². The summed E-state index contributed by atoms with van der Waals surface area (Å²) in [4.78, 5) is 28.4. The van der Waals surface area contributed by atoms with Crippen LogP contribution in [-0.2, 0) is 11.3 Å². The number of ether oxygens (including phenoxy) is 1. The minimum Gasteiger partial charge on any atom is -0.457 e. The highest BCUT2D eigenvalue weighted by atomic mass is 16.6. The number of nitro benzene ring substituents is 1. The van der Waals surface area contributed by atoms with E-state index in [9.17, 15) is 14.9 Å². The molecule has 0 aliphatic rings. The van der Waals surface area contributed by atoms with Gasteiger partial charge >= 0.3 is 0 Å². The number of benzene rings is 3. The number of non-ortho nitro benzene ring substituents is 1. The van der Waals surface area contributed by atoms with Crippen molar-refractivity contribution in [3.8, 4) is 22.6 Å². The van der Waals surface area contributed by atoms with Gasteiger partial charge in [0.2, 0.25) is 5.91 Å². The number of carbonyl (C=O) groups is 1. The lowest BCUT2D eigenvalue weighted by molar-refractivity contribution is -0.384. The zero-order valence-electron chi connectivity index (χ0n) is 20.2. The zero-order chi connectivity index (χ0) is 25.9. The molecule has 3 aromatic carbocycles. The van der Waals surface area contributed by atoms with Gasteiger partial charge in [-0.05, 0) is 43.2 Å². The first-order chi connectivity index (χ1) is 17.9. The third-order valence-electron chi connectivity index (χ3n) is 5.83. The van der Waals surface area contributed by atoms with Gasteiger partial charge in [0.05, 0.1) is 22.4 Å². The molecule has 37 heavy (non-hydrogen) atoms. The smallest absolute Gasteiger partial charge is 0.275 e. The first-order valence-electron chi connectivity index (χ1n) is 11.6. The molecule has 0 aliphatic carbocycles. The van der Waals surface area contributed by atoms with E-state index in [4.69, 9.17) is 4.74 Å². The predicted molar refractivity (Wildman–Crippen MR) is 141 cm³/mol. The van der Waals surface area contributed by atoms with E-state index in [1.165, 1.54) is 16.8 Å². The molecule has 0 aliphatic heterocycles. The molecule has 184 valence electrons. The van der Waals surface area contributed by atoms with Crippen molar-refractivity contribution in [1.82, 2.24) is 14.8 Å². The fourth-order valence-electron chi connectivity index (χ4n) is 4.15. The van der Waals surface area contributed by atoms with Crippen molar-refractivity contribution >= 4 is 28.3 Å². The van der Waals surface area contributed by atoms with Crippen LogP contribution in [0.25, 0.3) is 22.2 Å². The third-order valence-corrected chi connectivity index (χ3v) is 5.83. The maximum absolute atomic E-state index is 13.0. The molecule has 9 nitrogen and oxygen atoms in total. The molecule has 0 saturated heterocycles. The number of nitrogens with zero attached hydrogens (tertiary/aromatic N) is 4. The number of nitrogens with one attached hydrogen (secondary N) is 1. The summed E-state index contributed by atoms with van der Waals surface area (Å²) in [6.45, 7) is 3.71. The van der Waals surface area contributed by atoms with Crippen molar-refractivity contribution < 1.29 is 14.5 Å². The summed E-state index contributed by atoms with van der Waals surface area (Å²) in [5.41, 5.74) is 4.44. The van der Waals surface area contributed by atoms with Crippen LogP contribution < -0.4 is 10.1 Å². The number of fused-ring (bicyclic) bond motifs is 1. The van der Waals surface area contributed by atoms with Gasteiger partial charge in [-0.1, -0.05) is 48.0 Å². The van der Waals surface area contributed by atoms with Gasteiger partial charge in [-0.15, -0.1) is 0 Å². The normalized spacial score (nSPS) is 10.9. The SMILES string of the molecule is Cc1ccc(Oc2cc(NC(=O)Cn3nc(C)c4c(-c5ccccc5)ccnc43)cc([N+](=O)[O-])c2)cc1. The molecule has 0 fully saturated rings. The third kappa shape index (κ3) is 5.15. The van der Waals surface area contributed by atoms with Crippen molar-refractivity contribution in [1.29, 1.82) is 0 Å². The Balaban J connectivity index is 1.40. The van der Waals surface area contributed by atoms with Crippen LogP contribution in [0.4, 0.5) is 11.4 Å². The van der Waals surface area contributed by atoms with Crippen molar-refractivity contribution in [3.05, 3.63) is 106 Å². The molecule has 5 rings (SSSR count). The van der Waals surface area contributed by atoms with Crippen molar-refractivity contribution in [2.75, 3.05) is 5.32 Å². The average molecular weight is 494 g/mol. The van der Waals surface area contributed by atoms with Crippen LogP contribution in [0.1, 0.15) is 11.3 Å². The summed E-state index contributed by atoms with van der Waals surface area (Å²) in [7, 11) is 0. The second-order valence-electron chi connectivity index (χ2n) is 8.60. The van der Waals surface area contributed by atoms with E-state index in [-0.39, 0.29) is 23.7 Å². The standard InChI is InChI=1S/C28H23N5O4/c1-18-8-10-23(11-9-18)37-24-15-21(14-22(16-24)33(35)36)30-26(34)17-32-28-27(19(2)31-32)25(12-13-29-28)20-6-4-3-5-7-20/h3-16H,17H2,1-2H3,(H,30,34). The Bertz CT molecular complexity index is 1610. The summed E-state index contributed by atoms with van der Waals surface area (Å²) >= 11 is 0. The number of hydrogen-bond donors (Lipinski definition) is 1. The summed E-state index contributed by atoms with van der Waals surface area (Å²) in [5.74, 6) is 0.364. The van der Waals surface area contributed by atoms with Crippen LogP contribution in [0.3, 0.4) is 0 Å². The first kappa shape index (κ1) is 23.7. The Hall–Kier alpha value is -5.05. The average Bonchev–Trinajstić information content (AvgIpc) is 3.20. The lowest BCUT2D eigenvalue weighted by Crippen LogP contribution is -2.20. The van der Waals surface area contributed by atoms with E-state index in [1.54, 1.807) is 24.4 Å². The molecular formula is C28H23N5O4. The Morgan fingerprint density at radius 2 is 1.76 bits per heavy atom. The molecule has 2 aromatic heterocycles. The second-order valence-corrected chi connectivity index (χ2v) is 8.60. The topological polar surface area (TPSA) is 112 Å². The number of nitro groups is 1. The van der Waals surface area contributed by atoms with E-state index < -0.39 is 10.8 Å². The zero-order valence-corrected chi connectivity index (χ0v) is 20.2. The molecule has 0 bridgehead atoms. The molecule has 0 saturated carbocycles. The lowest BCUT2D eigenvalue weighted by Gasteiger charge is -2.10. The molecule has 9 heteroatoms. The number of carbonyl (C=O) groups excluding carboxylic acids is 1. The van der Waals surface area contributed by atoms with E-state index >= 15 is 0 Å². The van der Waals surface area contributed by atoms with Gasteiger partial charge in [-0.25, -0.2) is 9.67 Å².